The van der Waals surface area contributed by atoms with Crippen molar-refractivity contribution in [2.75, 3.05) is 26.4 Å². The Hall–Kier alpha value is -2.12. The van der Waals surface area contributed by atoms with Gasteiger partial charge in [-0.2, -0.15) is 0 Å². The Morgan fingerprint density at radius 1 is 0.286 bits per heavy atom. The number of carbonyl (C=O) groups excluding carboxylic acids is 4. The van der Waals surface area contributed by atoms with Gasteiger partial charge in [0.1, 0.15) is 0 Å². The van der Waals surface area contributed by atoms with Gasteiger partial charge in [0.05, 0.1) is 26.4 Å². The van der Waals surface area contributed by atoms with Crippen LogP contribution in [-0.2, 0) is 38.1 Å². The van der Waals surface area contributed by atoms with Gasteiger partial charge in [0.2, 0.25) is 0 Å². The lowest BCUT2D eigenvalue weighted by Gasteiger charge is -2.26. The molecule has 0 radical (unpaired) electrons. The van der Waals surface area contributed by atoms with Crippen molar-refractivity contribution in [2.24, 2.45) is 5.41 Å². The molecule has 0 amide bonds. The Morgan fingerprint density at radius 2 is 0.449 bits per heavy atom. The summed E-state index contributed by atoms with van der Waals surface area (Å²) in [5, 5.41) is 0. The third-order valence-corrected chi connectivity index (χ3v) is 9.15. The van der Waals surface area contributed by atoms with Gasteiger partial charge in [0.25, 0.3) is 0 Å². The Kier molecular flexibility index (Phi) is 32.8. The molecule has 0 aromatic rings. The minimum absolute atomic E-state index is 0.00448. The number of rotatable bonds is 36. The molecule has 0 saturated carbocycles. The first kappa shape index (κ1) is 46.9. The molecular weight excluding hydrogens is 620 g/mol. The number of carbonyl (C=O) groups is 4. The predicted octanol–water partition coefficient (Wildman–Crippen LogP) is 11.1. The largest absolute Gasteiger partial charge is 0.464 e. The van der Waals surface area contributed by atoms with Crippen LogP contribution in [0.4, 0.5) is 0 Å². The second kappa shape index (κ2) is 34.3. The van der Waals surface area contributed by atoms with Crippen LogP contribution in [0.25, 0.3) is 0 Å². The quantitative estimate of drug-likeness (QED) is 0.0276. The molecule has 0 aromatic heterocycles. The molecule has 0 aliphatic heterocycles. The van der Waals surface area contributed by atoms with Gasteiger partial charge in [-0.05, 0) is 25.7 Å². The molecular formula is C41H76O8. The summed E-state index contributed by atoms with van der Waals surface area (Å²) in [7, 11) is 0. The molecule has 0 bridgehead atoms. The lowest BCUT2D eigenvalue weighted by Crippen LogP contribution is -2.56. The summed E-state index contributed by atoms with van der Waals surface area (Å²) in [5.41, 5.74) is -2.94. The van der Waals surface area contributed by atoms with Gasteiger partial charge in [-0.1, -0.05) is 182 Å². The van der Waals surface area contributed by atoms with Gasteiger partial charge in [0, 0.05) is 0 Å². The Labute approximate surface area is 300 Å². The van der Waals surface area contributed by atoms with E-state index in [1.807, 2.05) is 0 Å². The zero-order chi connectivity index (χ0) is 36.3. The van der Waals surface area contributed by atoms with Crippen molar-refractivity contribution in [3.63, 3.8) is 0 Å². The fourth-order valence-electron chi connectivity index (χ4n) is 5.83. The predicted molar refractivity (Wildman–Crippen MR) is 198 cm³/mol. The molecule has 49 heavy (non-hydrogen) atoms. The molecule has 0 aliphatic rings. The van der Waals surface area contributed by atoms with E-state index < -0.39 is 29.3 Å². The fourth-order valence-corrected chi connectivity index (χ4v) is 5.83. The van der Waals surface area contributed by atoms with E-state index >= 15 is 0 Å². The van der Waals surface area contributed by atoms with Gasteiger partial charge in [-0.25, -0.2) is 19.2 Å². The monoisotopic (exact) mass is 697 g/mol. The van der Waals surface area contributed by atoms with Crippen LogP contribution in [0.1, 0.15) is 207 Å². The third kappa shape index (κ3) is 23.1. The minimum Gasteiger partial charge on any atom is -0.464 e. The van der Waals surface area contributed by atoms with E-state index in [9.17, 15) is 19.2 Å². The summed E-state index contributed by atoms with van der Waals surface area (Å²) < 4.78 is 22.0. The van der Waals surface area contributed by atoms with Gasteiger partial charge >= 0.3 is 29.3 Å². The SMILES string of the molecule is CCCCCCCCCOC(=O)C(C(=O)OCCCCCCCCC)(C(=O)OCCCCCCCCC)C(=O)OCCCCCCCCC. The smallest absolute Gasteiger partial charge is 0.355 e. The van der Waals surface area contributed by atoms with Gasteiger partial charge < -0.3 is 18.9 Å². The molecule has 0 saturated heterocycles. The van der Waals surface area contributed by atoms with Gasteiger partial charge in [0.15, 0.2) is 0 Å². The van der Waals surface area contributed by atoms with E-state index in [0.717, 1.165) is 77.0 Å². The fraction of sp³-hybridized carbons (Fsp3) is 0.902. The van der Waals surface area contributed by atoms with Crippen LogP contribution in [0.5, 0.6) is 0 Å². The number of esters is 4. The molecule has 8 heteroatoms. The third-order valence-electron chi connectivity index (χ3n) is 9.15. The van der Waals surface area contributed by atoms with E-state index in [0.29, 0.717) is 25.7 Å². The summed E-state index contributed by atoms with van der Waals surface area (Å²) in [6.07, 6.45) is 28.2. The van der Waals surface area contributed by atoms with Crippen LogP contribution in [0.3, 0.4) is 0 Å². The highest BCUT2D eigenvalue weighted by Gasteiger charge is 2.65. The first-order chi connectivity index (χ1) is 23.9. The number of ether oxygens (including phenoxy) is 4. The van der Waals surface area contributed by atoms with Crippen molar-refractivity contribution in [3.05, 3.63) is 0 Å². The van der Waals surface area contributed by atoms with Gasteiger partial charge in [-0.15, -0.1) is 0 Å². The van der Waals surface area contributed by atoms with Crippen LogP contribution in [-0.4, -0.2) is 50.3 Å². The molecule has 0 unspecified atom stereocenters. The highest BCUT2D eigenvalue weighted by atomic mass is 16.6. The molecule has 0 heterocycles. The summed E-state index contributed by atoms with van der Waals surface area (Å²) in [5.74, 6) is -5.01. The lowest BCUT2D eigenvalue weighted by molar-refractivity contribution is -0.193. The average Bonchev–Trinajstić information content (AvgIpc) is 3.09. The topological polar surface area (TPSA) is 105 Å². The van der Waals surface area contributed by atoms with E-state index in [1.54, 1.807) is 0 Å². The lowest BCUT2D eigenvalue weighted by atomic mass is 9.88. The summed E-state index contributed by atoms with van der Waals surface area (Å²) in [6, 6.07) is 0. The molecule has 0 aromatic carbocycles. The molecule has 0 N–H and O–H groups in total. The molecule has 0 spiro atoms. The molecule has 0 rings (SSSR count). The van der Waals surface area contributed by atoms with Crippen molar-refractivity contribution in [2.45, 2.75) is 207 Å². The average molecular weight is 697 g/mol. The van der Waals surface area contributed by atoms with Crippen molar-refractivity contribution in [3.8, 4) is 0 Å². The standard InChI is InChI=1S/C41H76O8/c1-5-9-13-17-21-25-29-33-46-37(42)41(38(43)47-34-30-26-22-18-14-10-6-2,39(44)48-35-31-27-23-19-15-11-7-3)40(45)49-36-32-28-24-20-16-12-8-4/h5-36H2,1-4H3. The van der Waals surface area contributed by atoms with Crippen LogP contribution in [0.2, 0.25) is 0 Å². The molecule has 8 nitrogen and oxygen atoms in total. The molecule has 0 atom stereocenters. The molecule has 0 fully saturated rings. The van der Waals surface area contributed by atoms with Crippen LogP contribution < -0.4 is 0 Å². The first-order valence-electron chi connectivity index (χ1n) is 20.6. The van der Waals surface area contributed by atoms with E-state index in [-0.39, 0.29) is 26.4 Å². The maximum atomic E-state index is 13.7. The molecule has 0 aliphatic carbocycles. The number of unbranched alkanes of at least 4 members (excludes halogenated alkanes) is 24. The highest BCUT2D eigenvalue weighted by Crippen LogP contribution is 2.28. The molecule has 288 valence electrons. The van der Waals surface area contributed by atoms with Crippen molar-refractivity contribution >= 4 is 23.9 Å². The number of hydrogen-bond acceptors (Lipinski definition) is 8. The maximum Gasteiger partial charge on any atom is 0.355 e. The van der Waals surface area contributed by atoms with Crippen LogP contribution >= 0.6 is 0 Å². The van der Waals surface area contributed by atoms with Crippen LogP contribution in [0.15, 0.2) is 0 Å². The van der Waals surface area contributed by atoms with Crippen LogP contribution in [0, 0.1) is 5.41 Å². The zero-order valence-electron chi connectivity index (χ0n) is 32.4. The maximum absolute atomic E-state index is 13.7. The zero-order valence-corrected chi connectivity index (χ0v) is 32.4. The Balaban J connectivity index is 5.65. The Morgan fingerprint density at radius 3 is 0.633 bits per heavy atom. The summed E-state index contributed by atoms with van der Waals surface area (Å²) in [4.78, 5) is 55.0. The second-order valence-electron chi connectivity index (χ2n) is 13.8. The summed E-state index contributed by atoms with van der Waals surface area (Å²) in [6.45, 7) is 8.67. The van der Waals surface area contributed by atoms with Crippen molar-refractivity contribution in [1.82, 2.24) is 0 Å². The Bertz CT molecular complexity index is 678. The van der Waals surface area contributed by atoms with E-state index in [1.165, 1.54) is 77.0 Å². The second-order valence-corrected chi connectivity index (χ2v) is 13.8. The highest BCUT2D eigenvalue weighted by molar-refractivity contribution is 6.32. The minimum atomic E-state index is -2.94. The number of hydrogen-bond donors (Lipinski definition) is 0. The van der Waals surface area contributed by atoms with E-state index in [2.05, 4.69) is 27.7 Å². The van der Waals surface area contributed by atoms with E-state index in [4.69, 9.17) is 18.9 Å². The van der Waals surface area contributed by atoms with Crippen molar-refractivity contribution in [1.29, 1.82) is 0 Å². The van der Waals surface area contributed by atoms with Crippen molar-refractivity contribution < 1.29 is 38.1 Å². The first-order valence-corrected chi connectivity index (χ1v) is 20.6. The van der Waals surface area contributed by atoms with Gasteiger partial charge in [-0.3, -0.25) is 0 Å². The summed E-state index contributed by atoms with van der Waals surface area (Å²) >= 11 is 0. The normalized spacial score (nSPS) is 11.3.